The maximum atomic E-state index is 12.3. The predicted molar refractivity (Wildman–Crippen MR) is 79.6 cm³/mol. The van der Waals surface area contributed by atoms with Crippen LogP contribution in [0.5, 0.6) is 0 Å². The van der Waals surface area contributed by atoms with Crippen LogP contribution in [-0.4, -0.2) is 53.8 Å². The molecule has 2 atom stereocenters. The zero-order valence-electron chi connectivity index (χ0n) is 14.0. The molecule has 0 saturated carbocycles. The van der Waals surface area contributed by atoms with Gasteiger partial charge in [0.2, 0.25) is 5.91 Å². The number of carbonyl (C=O) groups is 2. The van der Waals surface area contributed by atoms with Crippen molar-refractivity contribution >= 4 is 12.0 Å². The van der Waals surface area contributed by atoms with E-state index in [4.69, 9.17) is 9.57 Å². The summed E-state index contributed by atoms with van der Waals surface area (Å²) in [5, 5.41) is 1.22. The molecule has 122 valence electrons. The molecule has 1 heterocycles. The van der Waals surface area contributed by atoms with Crippen LogP contribution in [-0.2, 0) is 14.4 Å². The van der Waals surface area contributed by atoms with Crippen LogP contribution in [0.2, 0.25) is 0 Å². The topological polar surface area (TPSA) is 59.1 Å². The van der Waals surface area contributed by atoms with Crippen LogP contribution in [0, 0.1) is 0 Å². The quantitative estimate of drug-likeness (QED) is 0.749. The maximum absolute atomic E-state index is 12.3. The lowest BCUT2D eigenvalue weighted by Gasteiger charge is -2.31. The zero-order chi connectivity index (χ0) is 16.2. The lowest BCUT2D eigenvalue weighted by molar-refractivity contribution is -0.169. The molecule has 0 bridgehead atoms. The highest BCUT2D eigenvalue weighted by molar-refractivity contribution is 5.75. The first kappa shape index (κ1) is 17.8. The summed E-state index contributed by atoms with van der Waals surface area (Å²) in [6, 6.07) is 0.212. The lowest BCUT2D eigenvalue weighted by Crippen LogP contribution is -2.43. The fraction of sp³-hybridized carbons (Fsp3) is 0.867. The summed E-state index contributed by atoms with van der Waals surface area (Å²) in [6.07, 6.45) is 2.56. The van der Waals surface area contributed by atoms with E-state index in [1.165, 1.54) is 12.2 Å². The second-order valence-corrected chi connectivity index (χ2v) is 6.58. The third-order valence-electron chi connectivity index (χ3n) is 3.71. The fourth-order valence-electron chi connectivity index (χ4n) is 2.55. The van der Waals surface area contributed by atoms with Crippen LogP contribution in [0.15, 0.2) is 0 Å². The Balaban J connectivity index is 2.61. The van der Waals surface area contributed by atoms with Crippen molar-refractivity contribution in [2.45, 2.75) is 71.1 Å². The molecule has 1 saturated heterocycles. The average Bonchev–Trinajstić information content (AvgIpc) is 2.74. The molecule has 1 rings (SSSR count). The second kappa shape index (κ2) is 7.11. The van der Waals surface area contributed by atoms with Gasteiger partial charge in [0, 0.05) is 25.6 Å². The largest absolute Gasteiger partial charge is 0.444 e. The summed E-state index contributed by atoms with van der Waals surface area (Å²) in [4.78, 5) is 30.7. The molecule has 0 aliphatic carbocycles. The van der Waals surface area contributed by atoms with Gasteiger partial charge in [-0.2, -0.15) is 0 Å². The Morgan fingerprint density at radius 1 is 1.29 bits per heavy atom. The average molecular weight is 300 g/mol. The molecule has 1 aliphatic heterocycles. The van der Waals surface area contributed by atoms with Gasteiger partial charge in [-0.15, -0.1) is 0 Å². The Morgan fingerprint density at radius 3 is 2.43 bits per heavy atom. The van der Waals surface area contributed by atoms with E-state index >= 15 is 0 Å². The van der Waals surface area contributed by atoms with Crippen molar-refractivity contribution in [1.29, 1.82) is 0 Å². The first-order valence-corrected chi connectivity index (χ1v) is 7.47. The minimum absolute atomic E-state index is 0.0593. The molecule has 6 heteroatoms. The molecular formula is C15H28N2O4. The second-order valence-electron chi connectivity index (χ2n) is 6.58. The van der Waals surface area contributed by atoms with Gasteiger partial charge in [-0.1, -0.05) is 0 Å². The van der Waals surface area contributed by atoms with Gasteiger partial charge in [0.25, 0.3) is 0 Å². The van der Waals surface area contributed by atoms with Crippen molar-refractivity contribution in [3.05, 3.63) is 0 Å². The standard InChI is InChI=1S/C15H28N2O4/c1-11-7-8-12(9-10-13(18)16(5)20-6)17(11)14(19)21-15(2,3)4/h11-12H,7-10H2,1-6H3/t11-,12+/m1/s1. The van der Waals surface area contributed by atoms with Crippen LogP contribution in [0.25, 0.3) is 0 Å². The SMILES string of the molecule is CON(C)C(=O)CC[C@@H]1CC[C@@H](C)N1C(=O)OC(C)(C)C. The molecule has 0 N–H and O–H groups in total. The van der Waals surface area contributed by atoms with Crippen LogP contribution in [0.1, 0.15) is 53.4 Å². The van der Waals surface area contributed by atoms with Gasteiger partial charge in [-0.25, -0.2) is 9.86 Å². The van der Waals surface area contributed by atoms with E-state index in [-0.39, 0.29) is 24.1 Å². The molecule has 21 heavy (non-hydrogen) atoms. The van der Waals surface area contributed by atoms with Crippen LogP contribution in [0.4, 0.5) is 4.79 Å². The van der Waals surface area contributed by atoms with Crippen molar-refractivity contribution in [2.75, 3.05) is 14.2 Å². The van der Waals surface area contributed by atoms with Crippen molar-refractivity contribution in [1.82, 2.24) is 9.96 Å². The Labute approximate surface area is 127 Å². The smallest absolute Gasteiger partial charge is 0.410 e. The van der Waals surface area contributed by atoms with Crippen molar-refractivity contribution < 1.29 is 19.2 Å². The monoisotopic (exact) mass is 300 g/mol. The van der Waals surface area contributed by atoms with E-state index in [0.29, 0.717) is 12.8 Å². The molecule has 2 amide bonds. The first-order chi connectivity index (χ1) is 9.65. The number of nitrogens with zero attached hydrogens (tertiary/aromatic N) is 2. The maximum Gasteiger partial charge on any atom is 0.410 e. The summed E-state index contributed by atoms with van der Waals surface area (Å²) in [7, 11) is 3.05. The number of amides is 2. The van der Waals surface area contributed by atoms with E-state index in [2.05, 4.69) is 0 Å². The van der Waals surface area contributed by atoms with E-state index in [1.807, 2.05) is 27.7 Å². The number of hydrogen-bond donors (Lipinski definition) is 0. The molecule has 0 aromatic rings. The highest BCUT2D eigenvalue weighted by Crippen LogP contribution is 2.29. The number of ether oxygens (including phenoxy) is 1. The Morgan fingerprint density at radius 2 is 1.90 bits per heavy atom. The highest BCUT2D eigenvalue weighted by Gasteiger charge is 2.37. The van der Waals surface area contributed by atoms with Crippen LogP contribution in [0.3, 0.4) is 0 Å². The Hall–Kier alpha value is -1.30. The summed E-state index contributed by atoms with van der Waals surface area (Å²) >= 11 is 0. The van der Waals surface area contributed by atoms with E-state index < -0.39 is 5.60 Å². The lowest BCUT2D eigenvalue weighted by atomic mass is 10.1. The van der Waals surface area contributed by atoms with Gasteiger partial charge in [0.05, 0.1) is 7.11 Å². The molecular weight excluding hydrogens is 272 g/mol. The van der Waals surface area contributed by atoms with Gasteiger partial charge < -0.3 is 9.64 Å². The zero-order valence-corrected chi connectivity index (χ0v) is 14.0. The van der Waals surface area contributed by atoms with E-state index in [1.54, 1.807) is 11.9 Å². The van der Waals surface area contributed by atoms with Crippen LogP contribution >= 0.6 is 0 Å². The molecule has 0 radical (unpaired) electrons. The molecule has 1 fully saturated rings. The highest BCUT2D eigenvalue weighted by atomic mass is 16.7. The Bertz CT molecular complexity index is 378. The molecule has 1 aliphatic rings. The number of hydrogen-bond acceptors (Lipinski definition) is 4. The predicted octanol–water partition coefficient (Wildman–Crippen LogP) is 2.57. The summed E-state index contributed by atoms with van der Waals surface area (Å²) < 4.78 is 5.46. The third kappa shape index (κ3) is 5.19. The van der Waals surface area contributed by atoms with Crippen molar-refractivity contribution in [3.8, 4) is 0 Å². The van der Waals surface area contributed by atoms with Gasteiger partial charge >= 0.3 is 6.09 Å². The van der Waals surface area contributed by atoms with E-state index in [9.17, 15) is 9.59 Å². The summed E-state index contributed by atoms with van der Waals surface area (Å²) in [5.41, 5.74) is -0.504. The minimum atomic E-state index is -0.504. The number of hydroxylamine groups is 2. The van der Waals surface area contributed by atoms with Crippen LogP contribution < -0.4 is 0 Å². The third-order valence-corrected chi connectivity index (χ3v) is 3.71. The Kier molecular flexibility index (Phi) is 6.01. The van der Waals surface area contributed by atoms with Gasteiger partial charge in [-0.3, -0.25) is 9.63 Å². The normalized spacial score (nSPS) is 22.3. The molecule has 0 unspecified atom stereocenters. The van der Waals surface area contributed by atoms with Gasteiger partial charge in [0.1, 0.15) is 5.60 Å². The fourth-order valence-corrected chi connectivity index (χ4v) is 2.55. The number of carbonyl (C=O) groups excluding carboxylic acids is 2. The molecule has 0 aromatic carbocycles. The number of rotatable bonds is 4. The summed E-state index contributed by atoms with van der Waals surface area (Å²) in [6.45, 7) is 7.60. The molecule has 0 spiro atoms. The van der Waals surface area contributed by atoms with Crippen molar-refractivity contribution in [3.63, 3.8) is 0 Å². The number of likely N-dealkylation sites (tertiary alicyclic amines) is 1. The van der Waals surface area contributed by atoms with Crippen molar-refractivity contribution in [2.24, 2.45) is 0 Å². The van der Waals surface area contributed by atoms with Gasteiger partial charge in [0.15, 0.2) is 0 Å². The first-order valence-electron chi connectivity index (χ1n) is 7.47. The molecule has 0 aromatic heterocycles. The summed E-state index contributed by atoms with van der Waals surface area (Å²) in [5.74, 6) is -0.0822. The van der Waals surface area contributed by atoms with E-state index in [0.717, 1.165) is 12.8 Å². The minimum Gasteiger partial charge on any atom is -0.444 e. The molecule has 6 nitrogen and oxygen atoms in total. The van der Waals surface area contributed by atoms with Gasteiger partial charge in [-0.05, 0) is 47.0 Å².